The van der Waals surface area contributed by atoms with E-state index in [9.17, 15) is 0 Å². The molecule has 0 amide bonds. The predicted molar refractivity (Wildman–Crippen MR) is 31.2 cm³/mol. The summed E-state index contributed by atoms with van der Waals surface area (Å²) in [6.45, 7) is 0.803. The van der Waals surface area contributed by atoms with Gasteiger partial charge in [-0.25, -0.2) is 0 Å². The molecule has 0 aromatic heterocycles. The summed E-state index contributed by atoms with van der Waals surface area (Å²) in [5.41, 5.74) is 2.51. The van der Waals surface area contributed by atoms with Crippen molar-refractivity contribution < 1.29 is 0 Å². The Morgan fingerprint density at radius 1 is 1.86 bits per heavy atom. The molecule has 0 bridgehead atoms. The third-order valence-corrected chi connectivity index (χ3v) is 0.600. The molecule has 0 unspecified atom stereocenters. The maximum absolute atomic E-state index is 4.96. The normalized spacial score (nSPS) is 10.6. The molecule has 3 heteroatoms. The quantitative estimate of drug-likeness (QED) is 0.219. The summed E-state index contributed by atoms with van der Waals surface area (Å²) in [6, 6.07) is 0. The van der Waals surface area contributed by atoms with Gasteiger partial charge in [0.15, 0.2) is 0 Å². The van der Waals surface area contributed by atoms with Crippen LogP contribution >= 0.6 is 0 Å². The van der Waals surface area contributed by atoms with Gasteiger partial charge in [0.05, 0.1) is 0 Å². The highest BCUT2D eigenvalue weighted by Gasteiger charge is 1.72. The first-order valence-corrected chi connectivity index (χ1v) is 2.26. The van der Waals surface area contributed by atoms with Gasteiger partial charge in [-0.1, -0.05) is 0 Å². The van der Waals surface area contributed by atoms with Crippen LogP contribution in [0.4, 0.5) is 0 Å². The Kier molecular flexibility index (Phi) is 5.26. The summed E-state index contributed by atoms with van der Waals surface area (Å²) < 4.78 is 0. The lowest BCUT2D eigenvalue weighted by atomic mass is 10.5. The fraction of sp³-hybridized carbons (Fsp3) is 0.750. The molecular weight excluding hydrogens is 90.1 g/mol. The van der Waals surface area contributed by atoms with Gasteiger partial charge in [0.1, 0.15) is 0 Å². The molecule has 0 saturated carbocycles. The fourth-order valence-corrected chi connectivity index (χ4v) is 0.277. The van der Waals surface area contributed by atoms with Gasteiger partial charge in [-0.2, -0.15) is 0 Å². The number of rotatable bonds is 3. The van der Waals surface area contributed by atoms with Crippen LogP contribution < -0.4 is 11.3 Å². The monoisotopic (exact) mass is 101 g/mol. The molecule has 0 aromatic rings. The van der Waals surface area contributed by atoms with Crippen LogP contribution in [0, 0.1) is 0 Å². The zero-order valence-electron chi connectivity index (χ0n) is 4.52. The van der Waals surface area contributed by atoms with Crippen molar-refractivity contribution in [3.05, 3.63) is 0 Å². The molecule has 0 radical (unpaired) electrons. The zero-order valence-corrected chi connectivity index (χ0v) is 4.52. The minimum Gasteiger partial charge on any atom is -0.301 e. The van der Waals surface area contributed by atoms with Gasteiger partial charge in [0.2, 0.25) is 0 Å². The second-order valence-electron chi connectivity index (χ2n) is 1.18. The Bertz CT molecular complexity index is 50.9. The molecule has 0 aromatic carbocycles. The van der Waals surface area contributed by atoms with Crippen LogP contribution in [-0.4, -0.2) is 19.8 Å². The second kappa shape index (κ2) is 5.59. The van der Waals surface area contributed by atoms with E-state index in [1.165, 1.54) is 0 Å². The van der Waals surface area contributed by atoms with Crippen molar-refractivity contribution in [1.82, 2.24) is 5.43 Å². The standard InChI is InChI=1S/C4H11N3/c1-6-3-2-4-7-5/h3,7H,2,4-5H2,1H3. The first-order chi connectivity index (χ1) is 3.41. The lowest BCUT2D eigenvalue weighted by molar-refractivity contribution is 0.756. The van der Waals surface area contributed by atoms with Crippen molar-refractivity contribution in [3.63, 3.8) is 0 Å². The van der Waals surface area contributed by atoms with Crippen molar-refractivity contribution in [2.45, 2.75) is 6.42 Å². The van der Waals surface area contributed by atoms with Crippen LogP contribution in [0.3, 0.4) is 0 Å². The number of nitrogens with two attached hydrogens (primary N) is 1. The van der Waals surface area contributed by atoms with Crippen LogP contribution in [0.1, 0.15) is 6.42 Å². The number of nitrogens with zero attached hydrogens (tertiary/aromatic N) is 1. The van der Waals surface area contributed by atoms with E-state index in [0.29, 0.717) is 0 Å². The Morgan fingerprint density at radius 3 is 3.00 bits per heavy atom. The molecule has 0 atom stereocenters. The molecular formula is C4H11N3. The summed E-state index contributed by atoms with van der Waals surface area (Å²) >= 11 is 0. The number of aliphatic imine (C=N–C) groups is 1. The van der Waals surface area contributed by atoms with E-state index in [1.54, 1.807) is 7.05 Å². The molecule has 0 heterocycles. The second-order valence-corrected chi connectivity index (χ2v) is 1.18. The highest BCUT2D eigenvalue weighted by atomic mass is 15.2. The van der Waals surface area contributed by atoms with Gasteiger partial charge in [0.25, 0.3) is 0 Å². The fourth-order valence-electron chi connectivity index (χ4n) is 0.277. The van der Waals surface area contributed by atoms with Crippen LogP contribution in [-0.2, 0) is 0 Å². The third-order valence-electron chi connectivity index (χ3n) is 0.600. The molecule has 0 aliphatic heterocycles. The van der Waals surface area contributed by atoms with E-state index in [4.69, 9.17) is 5.84 Å². The average molecular weight is 101 g/mol. The summed E-state index contributed by atoms with van der Waals surface area (Å²) in [4.78, 5) is 3.75. The van der Waals surface area contributed by atoms with Crippen molar-refractivity contribution in [2.24, 2.45) is 10.8 Å². The summed E-state index contributed by atoms with van der Waals surface area (Å²) in [6.07, 6.45) is 2.73. The molecule has 0 spiro atoms. The lowest BCUT2D eigenvalue weighted by Gasteiger charge is -1.87. The van der Waals surface area contributed by atoms with Crippen molar-refractivity contribution in [1.29, 1.82) is 0 Å². The van der Waals surface area contributed by atoms with Crippen molar-refractivity contribution in [3.8, 4) is 0 Å². The molecule has 0 saturated heterocycles. The molecule has 3 N–H and O–H groups in total. The van der Waals surface area contributed by atoms with E-state index in [2.05, 4.69) is 10.4 Å². The van der Waals surface area contributed by atoms with Gasteiger partial charge in [-0.3, -0.25) is 11.3 Å². The topological polar surface area (TPSA) is 50.4 Å². The molecule has 42 valence electrons. The SMILES string of the molecule is CN=CCCNN. The Balaban J connectivity index is 2.69. The maximum atomic E-state index is 4.96. The van der Waals surface area contributed by atoms with Crippen molar-refractivity contribution >= 4 is 6.21 Å². The Hall–Kier alpha value is -0.410. The van der Waals surface area contributed by atoms with Crippen LogP contribution in [0.15, 0.2) is 4.99 Å². The molecule has 7 heavy (non-hydrogen) atoms. The first kappa shape index (κ1) is 6.59. The first-order valence-electron chi connectivity index (χ1n) is 2.26. The van der Waals surface area contributed by atoms with Gasteiger partial charge in [-0.15, -0.1) is 0 Å². The number of hydrogen-bond acceptors (Lipinski definition) is 3. The third kappa shape index (κ3) is 5.59. The van der Waals surface area contributed by atoms with Crippen LogP contribution in [0.25, 0.3) is 0 Å². The lowest BCUT2D eigenvalue weighted by Crippen LogP contribution is -2.22. The van der Waals surface area contributed by atoms with E-state index in [0.717, 1.165) is 13.0 Å². The molecule has 0 fully saturated rings. The van der Waals surface area contributed by atoms with E-state index in [1.807, 2.05) is 6.21 Å². The summed E-state index contributed by atoms with van der Waals surface area (Å²) in [5, 5.41) is 0. The maximum Gasteiger partial charge on any atom is 0.0273 e. The van der Waals surface area contributed by atoms with Gasteiger partial charge < -0.3 is 4.99 Å². The van der Waals surface area contributed by atoms with Crippen LogP contribution in [0.5, 0.6) is 0 Å². The molecule has 0 aliphatic carbocycles. The minimum absolute atomic E-state index is 0.803. The minimum atomic E-state index is 0.803. The number of hydrazine groups is 1. The van der Waals surface area contributed by atoms with Gasteiger partial charge in [-0.05, 0) is 12.6 Å². The zero-order chi connectivity index (χ0) is 5.54. The van der Waals surface area contributed by atoms with Gasteiger partial charge in [0, 0.05) is 13.6 Å². The van der Waals surface area contributed by atoms with E-state index >= 15 is 0 Å². The van der Waals surface area contributed by atoms with Crippen LogP contribution in [0.2, 0.25) is 0 Å². The predicted octanol–water partition coefficient (Wildman–Crippen LogP) is -0.460. The highest BCUT2D eigenvalue weighted by molar-refractivity contribution is 5.56. The van der Waals surface area contributed by atoms with Gasteiger partial charge >= 0.3 is 0 Å². The highest BCUT2D eigenvalue weighted by Crippen LogP contribution is 1.64. The summed E-state index contributed by atoms with van der Waals surface area (Å²) in [7, 11) is 1.75. The number of nitrogens with one attached hydrogen (secondary N) is 1. The number of hydrogen-bond donors (Lipinski definition) is 2. The molecule has 0 rings (SSSR count). The Morgan fingerprint density at radius 2 is 2.57 bits per heavy atom. The van der Waals surface area contributed by atoms with E-state index in [-0.39, 0.29) is 0 Å². The molecule has 3 nitrogen and oxygen atoms in total. The molecule has 0 aliphatic rings. The van der Waals surface area contributed by atoms with E-state index < -0.39 is 0 Å². The average Bonchev–Trinajstić information content (AvgIpc) is 1.69. The summed E-state index contributed by atoms with van der Waals surface area (Å²) in [5.74, 6) is 4.96. The smallest absolute Gasteiger partial charge is 0.0273 e. The largest absolute Gasteiger partial charge is 0.301 e. The van der Waals surface area contributed by atoms with Crippen molar-refractivity contribution in [2.75, 3.05) is 13.6 Å². The Labute approximate surface area is 43.6 Å².